The molecule has 7 atom stereocenters. The summed E-state index contributed by atoms with van der Waals surface area (Å²) in [7, 11) is 0. The number of hydrogen-bond acceptors (Lipinski definition) is 8. The van der Waals surface area contributed by atoms with E-state index in [0.717, 1.165) is 0 Å². The number of nitrogens with one attached hydrogen (secondary N) is 5. The molecular formula is C31H57N5O9. The highest BCUT2D eigenvalue weighted by atomic mass is 16.4. The third-order valence-corrected chi connectivity index (χ3v) is 7.14. The molecule has 5 amide bonds. The van der Waals surface area contributed by atoms with Gasteiger partial charge in [0.2, 0.25) is 29.5 Å². The summed E-state index contributed by atoms with van der Waals surface area (Å²) >= 11 is 0. The van der Waals surface area contributed by atoms with Crippen molar-refractivity contribution in [2.24, 2.45) is 23.7 Å². The van der Waals surface area contributed by atoms with Crippen LogP contribution in [0.25, 0.3) is 0 Å². The zero-order chi connectivity index (χ0) is 35.2. The molecule has 0 saturated carbocycles. The third-order valence-electron chi connectivity index (χ3n) is 7.14. The summed E-state index contributed by atoms with van der Waals surface area (Å²) in [5.74, 6) is -4.48. The lowest BCUT2D eigenvalue weighted by Gasteiger charge is -2.31. The lowest BCUT2D eigenvalue weighted by Crippen LogP contribution is -2.59. The molecule has 8 N–H and O–H groups in total. The molecule has 0 bridgehead atoms. The van der Waals surface area contributed by atoms with Crippen molar-refractivity contribution >= 4 is 35.5 Å². The van der Waals surface area contributed by atoms with Crippen LogP contribution in [0, 0.1) is 23.7 Å². The fraction of sp³-hybridized carbons (Fsp3) is 0.806. The van der Waals surface area contributed by atoms with Gasteiger partial charge in [0.1, 0.15) is 18.1 Å². The van der Waals surface area contributed by atoms with Crippen LogP contribution < -0.4 is 26.6 Å². The van der Waals surface area contributed by atoms with Gasteiger partial charge in [-0.25, -0.2) is 0 Å². The quantitative estimate of drug-likeness (QED) is 0.0920. The molecule has 0 unspecified atom stereocenters. The van der Waals surface area contributed by atoms with Gasteiger partial charge in [0, 0.05) is 6.92 Å². The number of hydrogen-bond donors (Lipinski definition) is 8. The van der Waals surface area contributed by atoms with Gasteiger partial charge in [-0.3, -0.25) is 28.8 Å². The second-order valence-electron chi connectivity index (χ2n) is 13.4. The highest BCUT2D eigenvalue weighted by molar-refractivity contribution is 5.92. The zero-order valence-electron chi connectivity index (χ0n) is 28.5. The minimum Gasteiger partial charge on any atom is -0.481 e. The van der Waals surface area contributed by atoms with E-state index in [1.54, 1.807) is 27.7 Å². The molecule has 14 heteroatoms. The molecule has 0 aromatic carbocycles. The first-order valence-corrected chi connectivity index (χ1v) is 15.7. The van der Waals surface area contributed by atoms with Gasteiger partial charge in [0.15, 0.2) is 0 Å². The Labute approximate surface area is 267 Å². The SMILES string of the molecule is CC(=O)N[C@@H](C(=O)N[C@@H](C(=O)N[C@H](CC(C)C)[C@@H](O)CC(=O)N[C@@H](C)C(=O)N[C@@H](CC(C)C)[C@@H](O)CC(=O)O)C(C)C)C(C)C. The smallest absolute Gasteiger partial charge is 0.306 e. The van der Waals surface area contributed by atoms with Gasteiger partial charge in [0.05, 0.1) is 37.1 Å². The molecule has 0 aliphatic heterocycles. The van der Waals surface area contributed by atoms with E-state index in [9.17, 15) is 39.0 Å². The molecular weight excluding hydrogens is 586 g/mol. The van der Waals surface area contributed by atoms with Gasteiger partial charge in [-0.15, -0.1) is 0 Å². The molecule has 14 nitrogen and oxygen atoms in total. The van der Waals surface area contributed by atoms with Crippen molar-refractivity contribution in [3.63, 3.8) is 0 Å². The first-order chi connectivity index (χ1) is 20.7. The van der Waals surface area contributed by atoms with Crippen LogP contribution in [0.3, 0.4) is 0 Å². The van der Waals surface area contributed by atoms with Gasteiger partial charge in [-0.1, -0.05) is 55.4 Å². The summed E-state index contributed by atoms with van der Waals surface area (Å²) in [4.78, 5) is 74.6. The molecule has 0 spiro atoms. The van der Waals surface area contributed by atoms with Crippen molar-refractivity contribution < 1.29 is 44.1 Å². The largest absolute Gasteiger partial charge is 0.481 e. The van der Waals surface area contributed by atoms with E-state index < -0.39 is 84.9 Å². The lowest BCUT2D eigenvalue weighted by molar-refractivity contribution is -0.140. The second-order valence-corrected chi connectivity index (χ2v) is 13.4. The van der Waals surface area contributed by atoms with Gasteiger partial charge in [0.25, 0.3) is 0 Å². The highest BCUT2D eigenvalue weighted by Gasteiger charge is 2.33. The average molecular weight is 644 g/mol. The zero-order valence-corrected chi connectivity index (χ0v) is 28.5. The molecule has 0 aromatic heterocycles. The number of aliphatic carboxylic acids is 1. The molecule has 0 aromatic rings. The number of aliphatic hydroxyl groups is 2. The van der Waals surface area contributed by atoms with Crippen LogP contribution in [0.1, 0.15) is 94.9 Å². The number of carboxylic acid groups (broad SMARTS) is 1. The van der Waals surface area contributed by atoms with Crippen molar-refractivity contribution in [1.82, 2.24) is 26.6 Å². The Kier molecular flexibility index (Phi) is 18.5. The summed E-state index contributed by atoms with van der Waals surface area (Å²) in [6.07, 6.45) is -3.01. The monoisotopic (exact) mass is 643 g/mol. The third kappa shape index (κ3) is 16.6. The molecule has 45 heavy (non-hydrogen) atoms. The summed E-state index contributed by atoms with van der Waals surface area (Å²) in [5, 5.41) is 43.5. The van der Waals surface area contributed by atoms with Gasteiger partial charge in [-0.05, 0) is 43.4 Å². The van der Waals surface area contributed by atoms with E-state index in [1.165, 1.54) is 13.8 Å². The Morgan fingerprint density at radius 2 is 0.956 bits per heavy atom. The van der Waals surface area contributed by atoms with Gasteiger partial charge in [-0.2, -0.15) is 0 Å². The second kappa shape index (κ2) is 20.0. The number of aliphatic hydroxyl groups excluding tert-OH is 2. The summed E-state index contributed by atoms with van der Waals surface area (Å²) in [6.45, 7) is 17.2. The van der Waals surface area contributed by atoms with Crippen LogP contribution in [-0.2, 0) is 28.8 Å². The molecule has 260 valence electrons. The Balaban J connectivity index is 5.54. The number of amides is 5. The first kappa shape index (κ1) is 41.7. The van der Waals surface area contributed by atoms with Gasteiger partial charge < -0.3 is 41.9 Å². The van der Waals surface area contributed by atoms with E-state index >= 15 is 0 Å². The van der Waals surface area contributed by atoms with E-state index in [2.05, 4.69) is 26.6 Å². The minimum atomic E-state index is -1.33. The Morgan fingerprint density at radius 1 is 0.556 bits per heavy atom. The van der Waals surface area contributed by atoms with Crippen molar-refractivity contribution in [2.75, 3.05) is 0 Å². The Hall–Kier alpha value is -3.26. The van der Waals surface area contributed by atoms with Crippen LogP contribution in [0.15, 0.2) is 0 Å². The van der Waals surface area contributed by atoms with Crippen LogP contribution in [-0.4, -0.2) is 93.2 Å². The Bertz CT molecular complexity index is 1000. The normalized spacial score (nSPS) is 16.3. The maximum absolute atomic E-state index is 13.3. The van der Waals surface area contributed by atoms with Crippen molar-refractivity contribution in [3.8, 4) is 0 Å². The maximum atomic E-state index is 13.3. The number of carbonyl (C=O) groups is 6. The van der Waals surface area contributed by atoms with E-state index in [1.807, 2.05) is 27.7 Å². The number of carboxylic acids is 1. The molecule has 0 aliphatic carbocycles. The molecule has 0 rings (SSSR count). The average Bonchev–Trinajstić information content (AvgIpc) is 2.87. The molecule has 0 aliphatic rings. The predicted octanol–water partition coefficient (Wildman–Crippen LogP) is 0.441. The molecule has 0 heterocycles. The summed E-state index contributed by atoms with van der Waals surface area (Å²) in [5.41, 5.74) is 0. The summed E-state index contributed by atoms with van der Waals surface area (Å²) in [6, 6.07) is -4.59. The maximum Gasteiger partial charge on any atom is 0.306 e. The van der Waals surface area contributed by atoms with Crippen molar-refractivity contribution in [1.29, 1.82) is 0 Å². The number of carbonyl (C=O) groups excluding carboxylic acids is 5. The predicted molar refractivity (Wildman–Crippen MR) is 168 cm³/mol. The topological polar surface area (TPSA) is 223 Å². The molecule has 0 fully saturated rings. The standard InChI is InChI=1S/C31H57N5O9/c1-15(2)11-21(35-30(44)28(18(7)8)36-31(45)27(17(5)6)33-20(10)37)23(38)13-25(40)32-19(9)29(43)34-22(12-16(3)4)24(39)14-26(41)42/h15-19,21-24,27-28,38-39H,11-14H2,1-10H3,(H,32,40)(H,33,37)(H,34,43)(H,35,44)(H,36,45)(H,41,42)/t19-,21+,22-,23-,24-,27+,28+/m0/s1. The first-order valence-electron chi connectivity index (χ1n) is 15.7. The van der Waals surface area contributed by atoms with Crippen LogP contribution in [0.5, 0.6) is 0 Å². The van der Waals surface area contributed by atoms with Crippen LogP contribution >= 0.6 is 0 Å². The van der Waals surface area contributed by atoms with Crippen molar-refractivity contribution in [3.05, 3.63) is 0 Å². The van der Waals surface area contributed by atoms with E-state index in [-0.39, 0.29) is 29.6 Å². The van der Waals surface area contributed by atoms with Crippen molar-refractivity contribution in [2.45, 2.75) is 137 Å². The Morgan fingerprint density at radius 3 is 1.36 bits per heavy atom. The van der Waals surface area contributed by atoms with Crippen LogP contribution in [0.4, 0.5) is 0 Å². The highest BCUT2D eigenvalue weighted by Crippen LogP contribution is 2.14. The fourth-order valence-electron chi connectivity index (χ4n) is 4.77. The van der Waals surface area contributed by atoms with E-state index in [0.29, 0.717) is 12.8 Å². The lowest BCUT2D eigenvalue weighted by atomic mass is 9.95. The number of rotatable bonds is 20. The van der Waals surface area contributed by atoms with Gasteiger partial charge >= 0.3 is 5.97 Å². The van der Waals surface area contributed by atoms with Crippen LogP contribution in [0.2, 0.25) is 0 Å². The molecule has 0 saturated heterocycles. The molecule has 0 radical (unpaired) electrons. The van der Waals surface area contributed by atoms with E-state index in [4.69, 9.17) is 5.11 Å². The summed E-state index contributed by atoms with van der Waals surface area (Å²) < 4.78 is 0. The minimum absolute atomic E-state index is 0.0185. The fourth-order valence-corrected chi connectivity index (χ4v) is 4.77.